The van der Waals surface area contributed by atoms with E-state index in [4.69, 9.17) is 4.74 Å². The topological polar surface area (TPSA) is 26.3 Å². The lowest BCUT2D eigenvalue weighted by Gasteiger charge is -2.10. The van der Waals surface area contributed by atoms with E-state index in [1.165, 1.54) is 0 Å². The summed E-state index contributed by atoms with van der Waals surface area (Å²) in [6.07, 6.45) is 10.5. The molecule has 1 rings (SSSR count). The van der Waals surface area contributed by atoms with E-state index in [1.807, 2.05) is 12.2 Å². The molecule has 0 N–H and O–H groups in total. The van der Waals surface area contributed by atoms with Crippen LogP contribution in [0, 0.1) is 0 Å². The van der Waals surface area contributed by atoms with E-state index in [0.29, 0.717) is 13.0 Å². The zero-order valence-corrected chi connectivity index (χ0v) is 7.16. The molecule has 66 valence electrons. The lowest BCUT2D eigenvalue weighted by atomic mass is 10.2. The van der Waals surface area contributed by atoms with Crippen LogP contribution in [0.3, 0.4) is 0 Å². The third-order valence-electron chi connectivity index (χ3n) is 1.73. The van der Waals surface area contributed by atoms with Gasteiger partial charge in [-0.2, -0.15) is 0 Å². The van der Waals surface area contributed by atoms with Gasteiger partial charge in [-0.25, -0.2) is 0 Å². The summed E-state index contributed by atoms with van der Waals surface area (Å²) in [7, 11) is 0. The molecule has 0 fully saturated rings. The molecule has 0 atom stereocenters. The zero-order chi connectivity index (χ0) is 8.65. The van der Waals surface area contributed by atoms with Gasteiger partial charge in [0.15, 0.2) is 0 Å². The Morgan fingerprint density at radius 3 is 3.17 bits per heavy atom. The molecule has 0 spiro atoms. The Hall–Kier alpha value is -1.05. The fourth-order valence-electron chi connectivity index (χ4n) is 1.07. The van der Waals surface area contributed by atoms with Gasteiger partial charge in [-0.05, 0) is 18.9 Å². The molecule has 1 aliphatic carbocycles. The van der Waals surface area contributed by atoms with Gasteiger partial charge in [-0.1, -0.05) is 12.2 Å². The minimum atomic E-state index is 0.600. The number of aldehydes is 1. The first-order valence-electron chi connectivity index (χ1n) is 4.35. The van der Waals surface area contributed by atoms with E-state index in [-0.39, 0.29) is 0 Å². The second kappa shape index (κ2) is 5.58. The van der Waals surface area contributed by atoms with Crippen LogP contribution >= 0.6 is 0 Å². The van der Waals surface area contributed by atoms with E-state index in [2.05, 4.69) is 6.08 Å². The summed E-state index contributed by atoms with van der Waals surface area (Å²) in [4.78, 5) is 9.97. The number of hydrogen-bond acceptors (Lipinski definition) is 2. The third kappa shape index (κ3) is 3.37. The van der Waals surface area contributed by atoms with Gasteiger partial charge >= 0.3 is 0 Å². The van der Waals surface area contributed by atoms with Crippen molar-refractivity contribution in [1.29, 1.82) is 0 Å². The first-order chi connectivity index (χ1) is 5.93. The fraction of sp³-hybridized carbons (Fsp3) is 0.500. The summed E-state index contributed by atoms with van der Waals surface area (Å²) in [5, 5.41) is 0. The van der Waals surface area contributed by atoms with Gasteiger partial charge in [0, 0.05) is 12.8 Å². The molecule has 0 unspecified atom stereocenters. The van der Waals surface area contributed by atoms with Crippen molar-refractivity contribution in [2.24, 2.45) is 0 Å². The van der Waals surface area contributed by atoms with Gasteiger partial charge < -0.3 is 9.53 Å². The number of carbonyl (C=O) groups is 1. The van der Waals surface area contributed by atoms with Crippen molar-refractivity contribution >= 4 is 6.29 Å². The summed E-state index contributed by atoms with van der Waals surface area (Å²) < 4.78 is 5.44. The van der Waals surface area contributed by atoms with E-state index in [0.717, 1.165) is 31.3 Å². The molecular formula is C10H14O2. The van der Waals surface area contributed by atoms with Crippen molar-refractivity contribution < 1.29 is 9.53 Å². The zero-order valence-electron chi connectivity index (χ0n) is 7.16. The molecule has 12 heavy (non-hydrogen) atoms. The second-order valence-electron chi connectivity index (χ2n) is 2.76. The summed E-state index contributed by atoms with van der Waals surface area (Å²) in [5.74, 6) is 1.04. The van der Waals surface area contributed by atoms with Crippen LogP contribution in [0.15, 0.2) is 24.0 Å². The van der Waals surface area contributed by atoms with Crippen molar-refractivity contribution in [3.8, 4) is 0 Å². The highest BCUT2D eigenvalue weighted by molar-refractivity contribution is 5.48. The van der Waals surface area contributed by atoms with Crippen LogP contribution in [0.4, 0.5) is 0 Å². The van der Waals surface area contributed by atoms with E-state index in [1.54, 1.807) is 0 Å². The van der Waals surface area contributed by atoms with Gasteiger partial charge in [0.05, 0.1) is 12.4 Å². The first kappa shape index (κ1) is 9.04. The SMILES string of the molecule is O=CCCCOC1=CC=CCC1. The monoisotopic (exact) mass is 166 g/mol. The summed E-state index contributed by atoms with van der Waals surface area (Å²) in [6, 6.07) is 0. The van der Waals surface area contributed by atoms with Crippen LogP contribution in [-0.4, -0.2) is 12.9 Å². The van der Waals surface area contributed by atoms with Crippen LogP contribution in [0.25, 0.3) is 0 Å². The van der Waals surface area contributed by atoms with Gasteiger partial charge in [0.25, 0.3) is 0 Å². The standard InChI is InChI=1S/C10H14O2/c11-8-4-5-9-12-10-6-2-1-3-7-10/h1-2,6,8H,3-5,7,9H2. The van der Waals surface area contributed by atoms with Crippen molar-refractivity contribution in [3.63, 3.8) is 0 Å². The minimum Gasteiger partial charge on any atom is -0.498 e. The number of carbonyl (C=O) groups excluding carboxylic acids is 1. The average Bonchev–Trinajstić information content (AvgIpc) is 2.14. The Balaban J connectivity index is 2.09. The first-order valence-corrected chi connectivity index (χ1v) is 4.35. The van der Waals surface area contributed by atoms with Crippen molar-refractivity contribution in [1.82, 2.24) is 0 Å². The van der Waals surface area contributed by atoms with Gasteiger partial charge in [0.2, 0.25) is 0 Å². The molecular weight excluding hydrogens is 152 g/mol. The smallest absolute Gasteiger partial charge is 0.120 e. The Morgan fingerprint density at radius 2 is 2.50 bits per heavy atom. The molecule has 0 saturated heterocycles. The lowest BCUT2D eigenvalue weighted by molar-refractivity contribution is -0.108. The van der Waals surface area contributed by atoms with Crippen LogP contribution in [-0.2, 0) is 9.53 Å². The van der Waals surface area contributed by atoms with Crippen LogP contribution in [0.5, 0.6) is 0 Å². The van der Waals surface area contributed by atoms with Crippen LogP contribution in [0.2, 0.25) is 0 Å². The van der Waals surface area contributed by atoms with Crippen molar-refractivity contribution in [2.75, 3.05) is 6.61 Å². The predicted molar refractivity (Wildman–Crippen MR) is 47.7 cm³/mol. The number of allylic oxidation sites excluding steroid dienone is 4. The number of hydrogen-bond donors (Lipinski definition) is 0. The van der Waals surface area contributed by atoms with Crippen LogP contribution in [0.1, 0.15) is 25.7 Å². The quantitative estimate of drug-likeness (QED) is 0.462. The van der Waals surface area contributed by atoms with Crippen LogP contribution < -0.4 is 0 Å². The average molecular weight is 166 g/mol. The largest absolute Gasteiger partial charge is 0.498 e. The lowest BCUT2D eigenvalue weighted by Crippen LogP contribution is -1.97. The van der Waals surface area contributed by atoms with Crippen molar-refractivity contribution in [2.45, 2.75) is 25.7 Å². The van der Waals surface area contributed by atoms with Gasteiger partial charge in [-0.15, -0.1) is 0 Å². The van der Waals surface area contributed by atoms with E-state index < -0.39 is 0 Å². The molecule has 0 aliphatic heterocycles. The number of rotatable bonds is 5. The molecule has 1 aliphatic rings. The number of unbranched alkanes of at least 4 members (excludes halogenated alkanes) is 1. The number of ether oxygens (including phenoxy) is 1. The minimum absolute atomic E-state index is 0.600. The highest BCUT2D eigenvalue weighted by atomic mass is 16.5. The molecule has 0 aromatic rings. The van der Waals surface area contributed by atoms with Crippen molar-refractivity contribution in [3.05, 3.63) is 24.0 Å². The molecule has 0 heterocycles. The Bertz CT molecular complexity index is 192. The van der Waals surface area contributed by atoms with Gasteiger partial charge in [0.1, 0.15) is 6.29 Å². The molecule has 0 radical (unpaired) electrons. The summed E-state index contributed by atoms with van der Waals surface area (Å²) >= 11 is 0. The van der Waals surface area contributed by atoms with E-state index in [9.17, 15) is 4.79 Å². The van der Waals surface area contributed by atoms with Gasteiger partial charge in [-0.3, -0.25) is 0 Å². The maximum Gasteiger partial charge on any atom is 0.120 e. The molecule has 2 nitrogen and oxygen atoms in total. The molecule has 0 aromatic heterocycles. The second-order valence-corrected chi connectivity index (χ2v) is 2.76. The molecule has 2 heteroatoms. The third-order valence-corrected chi connectivity index (χ3v) is 1.73. The Labute approximate surface area is 72.9 Å². The Kier molecular flexibility index (Phi) is 4.21. The Morgan fingerprint density at radius 1 is 1.58 bits per heavy atom. The molecule has 0 saturated carbocycles. The predicted octanol–water partition coefficient (Wildman–Crippen LogP) is 2.22. The maximum atomic E-state index is 9.97. The molecule has 0 bridgehead atoms. The molecule has 0 amide bonds. The normalized spacial score (nSPS) is 15.5. The highest BCUT2D eigenvalue weighted by Gasteiger charge is 1.99. The maximum absolute atomic E-state index is 9.97. The summed E-state index contributed by atoms with van der Waals surface area (Å²) in [5.41, 5.74) is 0. The summed E-state index contributed by atoms with van der Waals surface area (Å²) in [6.45, 7) is 0.665. The fourth-order valence-corrected chi connectivity index (χ4v) is 1.07. The highest BCUT2D eigenvalue weighted by Crippen LogP contribution is 2.12. The van der Waals surface area contributed by atoms with E-state index >= 15 is 0 Å². The molecule has 0 aromatic carbocycles.